The van der Waals surface area contributed by atoms with Crippen LogP contribution in [0.25, 0.3) is 0 Å². The molecule has 1 aromatic carbocycles. The molecule has 20 heavy (non-hydrogen) atoms. The highest BCUT2D eigenvalue weighted by Crippen LogP contribution is 2.17. The lowest BCUT2D eigenvalue weighted by Gasteiger charge is -2.26. The zero-order chi connectivity index (χ0) is 14.5. The molecule has 0 atom stereocenters. The van der Waals surface area contributed by atoms with Crippen molar-refractivity contribution in [3.8, 4) is 0 Å². The van der Waals surface area contributed by atoms with Gasteiger partial charge in [0, 0.05) is 18.8 Å². The molecule has 108 valence electrons. The van der Waals surface area contributed by atoms with Crippen LogP contribution in [0.15, 0.2) is 18.2 Å². The van der Waals surface area contributed by atoms with Gasteiger partial charge in [-0.3, -0.25) is 4.79 Å². The number of nitrogens with two attached hydrogens (primary N) is 1. The number of piperidine rings is 1. The monoisotopic (exact) mass is 276 g/mol. The number of nitrogen functional groups attached to an aromatic ring is 1. The fourth-order valence-corrected chi connectivity index (χ4v) is 2.40. The molecule has 1 aliphatic heterocycles. The predicted octanol–water partition coefficient (Wildman–Crippen LogP) is 1.75. The minimum atomic E-state index is -0.536. The Kier molecular flexibility index (Phi) is 4.61. The predicted molar refractivity (Wildman–Crippen MR) is 76.3 cm³/mol. The zero-order valence-electron chi connectivity index (χ0n) is 11.7. The first-order valence-corrected chi connectivity index (χ1v) is 6.89. The molecule has 1 heterocycles. The average Bonchev–Trinajstić information content (AvgIpc) is 2.45. The number of carbonyl (C=O) groups excluding carboxylic acids is 2. The molecule has 0 saturated carbocycles. The van der Waals surface area contributed by atoms with Crippen LogP contribution < -0.4 is 5.73 Å². The van der Waals surface area contributed by atoms with Crippen LogP contribution in [0.3, 0.4) is 0 Å². The lowest BCUT2D eigenvalue weighted by Crippen LogP contribution is -2.38. The van der Waals surface area contributed by atoms with Gasteiger partial charge in [-0.2, -0.15) is 0 Å². The Bertz CT molecular complexity index is 488. The number of hydrogen-bond acceptors (Lipinski definition) is 4. The number of benzene rings is 1. The van der Waals surface area contributed by atoms with Crippen LogP contribution in [0.4, 0.5) is 5.69 Å². The summed E-state index contributed by atoms with van der Waals surface area (Å²) in [6.07, 6.45) is 3.19. The van der Waals surface area contributed by atoms with Crippen LogP contribution in [0.2, 0.25) is 0 Å². The molecule has 1 saturated heterocycles. The van der Waals surface area contributed by atoms with Crippen LogP contribution in [0.5, 0.6) is 0 Å². The first-order chi connectivity index (χ1) is 9.59. The van der Waals surface area contributed by atoms with Crippen molar-refractivity contribution in [3.05, 3.63) is 29.3 Å². The zero-order valence-corrected chi connectivity index (χ0v) is 11.7. The van der Waals surface area contributed by atoms with Gasteiger partial charge in [-0.25, -0.2) is 4.79 Å². The number of likely N-dealkylation sites (tertiary alicyclic amines) is 1. The summed E-state index contributed by atoms with van der Waals surface area (Å²) in [5.74, 6) is -0.670. The van der Waals surface area contributed by atoms with Gasteiger partial charge in [-0.05, 0) is 37.8 Å². The maximum absolute atomic E-state index is 12.0. The number of esters is 1. The van der Waals surface area contributed by atoms with E-state index in [0.29, 0.717) is 11.3 Å². The van der Waals surface area contributed by atoms with Gasteiger partial charge in [0.2, 0.25) is 0 Å². The normalized spacial score (nSPS) is 14.9. The number of hydrogen-bond donors (Lipinski definition) is 1. The summed E-state index contributed by atoms with van der Waals surface area (Å²) in [4.78, 5) is 25.7. The molecule has 1 fully saturated rings. The Hall–Kier alpha value is -2.04. The molecule has 5 heteroatoms. The van der Waals surface area contributed by atoms with Crippen molar-refractivity contribution in [2.75, 3.05) is 25.4 Å². The second-order valence-corrected chi connectivity index (χ2v) is 5.06. The molecular weight excluding hydrogens is 256 g/mol. The van der Waals surface area contributed by atoms with E-state index < -0.39 is 5.97 Å². The van der Waals surface area contributed by atoms with Gasteiger partial charge < -0.3 is 15.4 Å². The molecule has 1 aromatic rings. The summed E-state index contributed by atoms with van der Waals surface area (Å²) in [6.45, 7) is 3.08. The van der Waals surface area contributed by atoms with Gasteiger partial charge in [0.05, 0.1) is 5.56 Å². The summed E-state index contributed by atoms with van der Waals surface area (Å²) >= 11 is 0. The quantitative estimate of drug-likeness (QED) is 0.674. The van der Waals surface area contributed by atoms with Crippen LogP contribution in [-0.2, 0) is 9.53 Å². The second kappa shape index (κ2) is 6.41. The van der Waals surface area contributed by atoms with Crippen molar-refractivity contribution >= 4 is 17.6 Å². The highest BCUT2D eigenvalue weighted by molar-refractivity contribution is 5.97. The molecule has 1 aliphatic rings. The SMILES string of the molecule is Cc1cccc(N)c1C(=O)OCC(=O)N1CCCCC1. The van der Waals surface area contributed by atoms with E-state index in [1.165, 1.54) is 0 Å². The number of nitrogens with zero attached hydrogens (tertiary/aromatic N) is 1. The van der Waals surface area contributed by atoms with Crippen LogP contribution >= 0.6 is 0 Å². The van der Waals surface area contributed by atoms with Crippen molar-refractivity contribution in [3.63, 3.8) is 0 Å². The third-order valence-corrected chi connectivity index (χ3v) is 3.54. The lowest BCUT2D eigenvalue weighted by atomic mass is 10.1. The van der Waals surface area contributed by atoms with Crippen LogP contribution in [-0.4, -0.2) is 36.5 Å². The molecule has 1 amide bonds. The second-order valence-electron chi connectivity index (χ2n) is 5.06. The number of amides is 1. The van der Waals surface area contributed by atoms with E-state index in [-0.39, 0.29) is 12.5 Å². The number of aryl methyl sites for hydroxylation is 1. The van der Waals surface area contributed by atoms with Crippen molar-refractivity contribution in [1.29, 1.82) is 0 Å². The van der Waals surface area contributed by atoms with E-state index in [1.54, 1.807) is 30.0 Å². The van der Waals surface area contributed by atoms with Crippen LogP contribution in [0, 0.1) is 6.92 Å². The molecule has 0 aromatic heterocycles. The minimum absolute atomic E-state index is 0.134. The van der Waals surface area contributed by atoms with E-state index in [1.807, 2.05) is 0 Å². The van der Waals surface area contributed by atoms with E-state index in [4.69, 9.17) is 10.5 Å². The molecule has 5 nitrogen and oxygen atoms in total. The fraction of sp³-hybridized carbons (Fsp3) is 0.467. The van der Waals surface area contributed by atoms with Gasteiger partial charge in [0.25, 0.3) is 5.91 Å². The third kappa shape index (κ3) is 3.29. The van der Waals surface area contributed by atoms with Crippen molar-refractivity contribution in [2.24, 2.45) is 0 Å². The molecule has 2 N–H and O–H groups in total. The molecule has 0 radical (unpaired) electrons. The summed E-state index contributed by atoms with van der Waals surface area (Å²) in [6, 6.07) is 5.22. The Morgan fingerprint density at radius 1 is 1.25 bits per heavy atom. The van der Waals surface area contributed by atoms with Gasteiger partial charge in [-0.15, -0.1) is 0 Å². The molecular formula is C15H20N2O3. The lowest BCUT2D eigenvalue weighted by molar-refractivity contribution is -0.135. The Balaban J connectivity index is 1.93. The maximum atomic E-state index is 12.0. The fourth-order valence-electron chi connectivity index (χ4n) is 2.40. The maximum Gasteiger partial charge on any atom is 0.341 e. The van der Waals surface area contributed by atoms with E-state index in [2.05, 4.69) is 0 Å². The third-order valence-electron chi connectivity index (χ3n) is 3.54. The summed E-state index contributed by atoms with van der Waals surface area (Å²) in [7, 11) is 0. The average molecular weight is 276 g/mol. The Morgan fingerprint density at radius 3 is 2.60 bits per heavy atom. The standard InChI is InChI=1S/C15H20N2O3/c1-11-6-5-7-12(16)14(11)15(19)20-10-13(18)17-8-3-2-4-9-17/h5-7H,2-4,8-10,16H2,1H3. The van der Waals surface area contributed by atoms with Crippen molar-refractivity contribution in [2.45, 2.75) is 26.2 Å². The van der Waals surface area contributed by atoms with E-state index in [9.17, 15) is 9.59 Å². The molecule has 0 aliphatic carbocycles. The Morgan fingerprint density at radius 2 is 1.95 bits per heavy atom. The highest BCUT2D eigenvalue weighted by atomic mass is 16.5. The van der Waals surface area contributed by atoms with Crippen LogP contribution in [0.1, 0.15) is 35.2 Å². The summed E-state index contributed by atoms with van der Waals surface area (Å²) < 4.78 is 5.09. The molecule has 0 bridgehead atoms. The van der Waals surface area contributed by atoms with Crippen molar-refractivity contribution < 1.29 is 14.3 Å². The number of rotatable bonds is 3. The van der Waals surface area contributed by atoms with Crippen molar-refractivity contribution in [1.82, 2.24) is 4.90 Å². The smallest absolute Gasteiger partial charge is 0.341 e. The van der Waals surface area contributed by atoms with E-state index in [0.717, 1.165) is 37.9 Å². The molecule has 0 spiro atoms. The summed E-state index contributed by atoms with van der Waals surface area (Å²) in [5, 5.41) is 0. The first-order valence-electron chi connectivity index (χ1n) is 6.89. The highest BCUT2D eigenvalue weighted by Gasteiger charge is 2.20. The van der Waals surface area contributed by atoms with Gasteiger partial charge in [0.1, 0.15) is 0 Å². The van der Waals surface area contributed by atoms with Gasteiger partial charge in [0.15, 0.2) is 6.61 Å². The topological polar surface area (TPSA) is 72.6 Å². The molecule has 2 rings (SSSR count). The summed E-state index contributed by atoms with van der Waals surface area (Å²) in [5.41, 5.74) is 7.25. The molecule has 0 unspecified atom stereocenters. The number of anilines is 1. The number of ether oxygens (including phenoxy) is 1. The van der Waals surface area contributed by atoms with Gasteiger partial charge in [-0.1, -0.05) is 12.1 Å². The van der Waals surface area contributed by atoms with E-state index >= 15 is 0 Å². The first kappa shape index (κ1) is 14.4. The minimum Gasteiger partial charge on any atom is -0.452 e. The van der Waals surface area contributed by atoms with Gasteiger partial charge >= 0.3 is 5.97 Å². The largest absolute Gasteiger partial charge is 0.452 e. The Labute approximate surface area is 118 Å². The number of carbonyl (C=O) groups is 2.